The van der Waals surface area contributed by atoms with Crippen LogP contribution in [0.5, 0.6) is 11.5 Å². The number of carbonyl (C=O) groups excluding carboxylic acids is 1. The number of rotatable bonds is 3. The number of phenols is 2. The molecule has 2 aromatic carbocycles. The summed E-state index contributed by atoms with van der Waals surface area (Å²) in [6, 6.07) is 9.09. The second-order valence-corrected chi connectivity index (χ2v) is 4.04. The van der Waals surface area contributed by atoms with Crippen molar-refractivity contribution in [1.29, 1.82) is 0 Å². The Hall–Kier alpha value is -3.02. The third-order valence-electron chi connectivity index (χ3n) is 2.62. The fraction of sp³-hybridized carbons (Fsp3) is 0. The van der Waals surface area contributed by atoms with E-state index in [0.717, 1.165) is 6.07 Å². The molecule has 0 aliphatic rings. The van der Waals surface area contributed by atoms with E-state index in [9.17, 15) is 14.7 Å². The Kier molecular flexibility index (Phi) is 3.56. The molecule has 102 valence electrons. The summed E-state index contributed by atoms with van der Waals surface area (Å²) in [5, 5.41) is 30.0. The lowest BCUT2D eigenvalue weighted by Crippen LogP contribution is -2.12. The third kappa shape index (κ3) is 2.86. The fourth-order valence-corrected chi connectivity index (χ4v) is 1.58. The van der Waals surface area contributed by atoms with E-state index in [0.29, 0.717) is 0 Å². The van der Waals surface area contributed by atoms with Gasteiger partial charge in [-0.25, -0.2) is 4.79 Å². The summed E-state index contributed by atoms with van der Waals surface area (Å²) < 4.78 is 0. The monoisotopic (exact) mass is 273 g/mol. The Morgan fingerprint density at radius 2 is 1.50 bits per heavy atom. The molecule has 4 N–H and O–H groups in total. The highest BCUT2D eigenvalue weighted by Gasteiger charge is 2.12. The number of nitrogens with one attached hydrogen (secondary N) is 1. The predicted molar refractivity (Wildman–Crippen MR) is 71.1 cm³/mol. The van der Waals surface area contributed by atoms with Crippen LogP contribution in [0.4, 0.5) is 5.69 Å². The largest absolute Gasteiger partial charge is 0.508 e. The number of carboxylic acid groups (broad SMARTS) is 1. The molecule has 0 aromatic heterocycles. The Bertz CT molecular complexity index is 664. The highest BCUT2D eigenvalue weighted by molar-refractivity contribution is 6.05. The summed E-state index contributed by atoms with van der Waals surface area (Å²) in [6.45, 7) is 0. The van der Waals surface area contributed by atoms with E-state index in [2.05, 4.69) is 5.32 Å². The zero-order chi connectivity index (χ0) is 14.7. The molecule has 20 heavy (non-hydrogen) atoms. The third-order valence-corrected chi connectivity index (χ3v) is 2.62. The second kappa shape index (κ2) is 5.31. The standard InChI is InChI=1S/C14H11NO5/c16-10-4-1-8(2-5-10)13(18)15-11-7-9(14(19)20)3-6-12(11)17/h1-7,16-17H,(H,15,18)(H,19,20). The van der Waals surface area contributed by atoms with Gasteiger partial charge in [0.05, 0.1) is 11.3 Å². The van der Waals surface area contributed by atoms with Crippen LogP contribution in [0.15, 0.2) is 42.5 Å². The normalized spacial score (nSPS) is 10.0. The molecule has 2 aromatic rings. The zero-order valence-corrected chi connectivity index (χ0v) is 10.2. The summed E-state index contributed by atoms with van der Waals surface area (Å²) in [5.41, 5.74) is 0.217. The average molecular weight is 273 g/mol. The van der Waals surface area contributed by atoms with Gasteiger partial charge in [0.25, 0.3) is 5.91 Å². The van der Waals surface area contributed by atoms with Crippen LogP contribution in [-0.4, -0.2) is 27.2 Å². The van der Waals surface area contributed by atoms with Gasteiger partial charge in [-0.05, 0) is 42.5 Å². The SMILES string of the molecule is O=C(O)c1ccc(O)c(NC(=O)c2ccc(O)cc2)c1. The first-order valence-electron chi connectivity index (χ1n) is 5.64. The van der Waals surface area contributed by atoms with E-state index < -0.39 is 11.9 Å². The van der Waals surface area contributed by atoms with Crippen molar-refractivity contribution in [1.82, 2.24) is 0 Å². The number of phenolic OH excluding ortho intramolecular Hbond substituents is 2. The molecular formula is C14H11NO5. The van der Waals surface area contributed by atoms with Gasteiger partial charge in [-0.2, -0.15) is 0 Å². The van der Waals surface area contributed by atoms with E-state index >= 15 is 0 Å². The van der Waals surface area contributed by atoms with Gasteiger partial charge in [-0.15, -0.1) is 0 Å². The minimum absolute atomic E-state index is 0.00275. The maximum Gasteiger partial charge on any atom is 0.335 e. The van der Waals surface area contributed by atoms with Crippen LogP contribution < -0.4 is 5.32 Å². The molecule has 2 rings (SSSR count). The highest BCUT2D eigenvalue weighted by atomic mass is 16.4. The second-order valence-electron chi connectivity index (χ2n) is 4.04. The molecular weight excluding hydrogens is 262 g/mol. The van der Waals surface area contributed by atoms with E-state index in [-0.39, 0.29) is 28.3 Å². The number of hydrogen-bond acceptors (Lipinski definition) is 4. The molecule has 6 heteroatoms. The average Bonchev–Trinajstić information content (AvgIpc) is 2.41. The summed E-state index contributed by atoms with van der Waals surface area (Å²) >= 11 is 0. The van der Waals surface area contributed by atoms with Crippen molar-refractivity contribution in [3.63, 3.8) is 0 Å². The maximum atomic E-state index is 11.9. The number of carbonyl (C=O) groups is 2. The van der Waals surface area contributed by atoms with Gasteiger partial charge in [0, 0.05) is 5.56 Å². The van der Waals surface area contributed by atoms with Gasteiger partial charge < -0.3 is 20.6 Å². The molecule has 0 saturated carbocycles. The molecule has 0 radical (unpaired) electrons. The number of carboxylic acids is 1. The van der Waals surface area contributed by atoms with Crippen LogP contribution in [-0.2, 0) is 0 Å². The number of aromatic hydroxyl groups is 2. The Morgan fingerprint density at radius 3 is 2.10 bits per heavy atom. The first kappa shape index (κ1) is 13.4. The van der Waals surface area contributed by atoms with Crippen LogP contribution in [0.3, 0.4) is 0 Å². The van der Waals surface area contributed by atoms with Gasteiger partial charge in [-0.3, -0.25) is 4.79 Å². The molecule has 0 unspecified atom stereocenters. The topological polar surface area (TPSA) is 107 Å². The molecule has 0 saturated heterocycles. The van der Waals surface area contributed by atoms with Crippen molar-refractivity contribution < 1.29 is 24.9 Å². The zero-order valence-electron chi connectivity index (χ0n) is 10.2. The molecule has 0 heterocycles. The number of benzene rings is 2. The molecule has 1 amide bonds. The molecule has 6 nitrogen and oxygen atoms in total. The predicted octanol–water partition coefficient (Wildman–Crippen LogP) is 2.05. The number of hydrogen-bond donors (Lipinski definition) is 4. The Labute approximate surface area is 113 Å². The van der Waals surface area contributed by atoms with Crippen molar-refractivity contribution in [3.05, 3.63) is 53.6 Å². The van der Waals surface area contributed by atoms with Crippen LogP contribution >= 0.6 is 0 Å². The van der Waals surface area contributed by atoms with Gasteiger partial charge in [0.15, 0.2) is 0 Å². The van der Waals surface area contributed by atoms with Crippen molar-refractivity contribution in [2.75, 3.05) is 5.32 Å². The summed E-state index contributed by atoms with van der Waals surface area (Å²) in [7, 11) is 0. The fourth-order valence-electron chi connectivity index (χ4n) is 1.58. The lowest BCUT2D eigenvalue weighted by Gasteiger charge is -2.08. The van der Waals surface area contributed by atoms with E-state index in [1.165, 1.54) is 36.4 Å². The number of amides is 1. The van der Waals surface area contributed by atoms with Gasteiger partial charge in [0.1, 0.15) is 11.5 Å². The minimum atomic E-state index is -1.16. The maximum absolute atomic E-state index is 11.9. The lowest BCUT2D eigenvalue weighted by molar-refractivity contribution is 0.0696. The minimum Gasteiger partial charge on any atom is -0.508 e. The van der Waals surface area contributed by atoms with Gasteiger partial charge in [0.2, 0.25) is 0 Å². The van der Waals surface area contributed by atoms with Crippen LogP contribution in [0.2, 0.25) is 0 Å². The highest BCUT2D eigenvalue weighted by Crippen LogP contribution is 2.25. The smallest absolute Gasteiger partial charge is 0.335 e. The van der Waals surface area contributed by atoms with Crippen LogP contribution in [0, 0.1) is 0 Å². The summed E-state index contributed by atoms with van der Waals surface area (Å²) in [5.74, 6) is -1.90. The lowest BCUT2D eigenvalue weighted by atomic mass is 10.1. The molecule has 0 atom stereocenters. The quantitative estimate of drug-likeness (QED) is 0.640. The Morgan fingerprint density at radius 1 is 0.900 bits per heavy atom. The number of anilines is 1. The molecule has 0 bridgehead atoms. The van der Waals surface area contributed by atoms with E-state index in [4.69, 9.17) is 10.2 Å². The first-order valence-corrected chi connectivity index (χ1v) is 5.64. The first-order chi connectivity index (χ1) is 9.47. The van der Waals surface area contributed by atoms with Crippen LogP contribution in [0.25, 0.3) is 0 Å². The summed E-state index contributed by atoms with van der Waals surface area (Å²) in [6.07, 6.45) is 0. The molecule has 0 spiro atoms. The van der Waals surface area contributed by atoms with Crippen molar-refractivity contribution >= 4 is 17.6 Å². The van der Waals surface area contributed by atoms with E-state index in [1.807, 2.05) is 0 Å². The van der Waals surface area contributed by atoms with Gasteiger partial charge in [-0.1, -0.05) is 0 Å². The van der Waals surface area contributed by atoms with E-state index in [1.54, 1.807) is 0 Å². The van der Waals surface area contributed by atoms with Crippen LogP contribution in [0.1, 0.15) is 20.7 Å². The molecule has 0 aliphatic heterocycles. The molecule has 0 aliphatic carbocycles. The Balaban J connectivity index is 2.25. The number of aromatic carboxylic acids is 1. The molecule has 0 fully saturated rings. The van der Waals surface area contributed by atoms with Crippen molar-refractivity contribution in [2.24, 2.45) is 0 Å². The van der Waals surface area contributed by atoms with Crippen molar-refractivity contribution in [2.45, 2.75) is 0 Å². The van der Waals surface area contributed by atoms with Crippen molar-refractivity contribution in [3.8, 4) is 11.5 Å². The van der Waals surface area contributed by atoms with Gasteiger partial charge >= 0.3 is 5.97 Å². The summed E-state index contributed by atoms with van der Waals surface area (Å²) in [4.78, 5) is 22.7.